The molecular weight excluding hydrogens is 232 g/mol. The van der Waals surface area contributed by atoms with Crippen LogP contribution in [0.25, 0.3) is 0 Å². The molecule has 7 heteroatoms. The number of nitrogens with two attached hydrogens (primary N) is 1. The molecule has 0 aromatic rings. The van der Waals surface area contributed by atoms with Gasteiger partial charge >= 0.3 is 6.03 Å². The highest BCUT2D eigenvalue weighted by molar-refractivity contribution is 5.79. The second kappa shape index (κ2) is 7.75. The zero-order chi connectivity index (χ0) is 13.4. The lowest BCUT2D eigenvalue weighted by molar-refractivity contribution is 0.218. The van der Waals surface area contributed by atoms with E-state index < -0.39 is 0 Å². The molecule has 1 saturated carbocycles. The van der Waals surface area contributed by atoms with Crippen LogP contribution in [-0.2, 0) is 0 Å². The average Bonchev–Trinajstić information content (AvgIpc) is 2.85. The summed E-state index contributed by atoms with van der Waals surface area (Å²) in [6.07, 6.45) is 4.85. The maximum Gasteiger partial charge on any atom is 0.316 e. The zero-order valence-corrected chi connectivity index (χ0v) is 11.2. The van der Waals surface area contributed by atoms with Crippen LogP contribution in [0.2, 0.25) is 0 Å². The molecule has 104 valence electrons. The quantitative estimate of drug-likeness (QED) is 0.181. The lowest BCUT2D eigenvalue weighted by Crippen LogP contribution is -2.46. The Balaban J connectivity index is 2.22. The Bertz CT molecular complexity index is 285. The summed E-state index contributed by atoms with van der Waals surface area (Å²) in [5.41, 5.74) is 2.56. The fourth-order valence-corrected chi connectivity index (χ4v) is 1.89. The molecule has 1 aliphatic rings. The Morgan fingerprint density at radius 2 is 2.06 bits per heavy atom. The van der Waals surface area contributed by atoms with E-state index in [1.54, 1.807) is 14.1 Å². The minimum atomic E-state index is -0.115. The summed E-state index contributed by atoms with van der Waals surface area (Å²) in [5, 5.41) is 6.01. The maximum absolute atomic E-state index is 11.2. The van der Waals surface area contributed by atoms with Gasteiger partial charge in [0, 0.05) is 26.7 Å². The lowest BCUT2D eigenvalue weighted by Gasteiger charge is -2.15. The predicted octanol–water partition coefficient (Wildman–Crippen LogP) is -0.391. The van der Waals surface area contributed by atoms with Crippen molar-refractivity contribution in [2.24, 2.45) is 10.8 Å². The van der Waals surface area contributed by atoms with Crippen LogP contribution in [0.1, 0.15) is 25.7 Å². The van der Waals surface area contributed by atoms with Gasteiger partial charge in [-0.2, -0.15) is 0 Å². The smallest absolute Gasteiger partial charge is 0.316 e. The van der Waals surface area contributed by atoms with Gasteiger partial charge in [0.15, 0.2) is 0 Å². The van der Waals surface area contributed by atoms with Crippen molar-refractivity contribution >= 4 is 12.0 Å². The van der Waals surface area contributed by atoms with Crippen LogP contribution in [0.15, 0.2) is 4.99 Å². The number of aliphatic imine (C=N–C) groups is 1. The first-order valence-corrected chi connectivity index (χ1v) is 6.36. The van der Waals surface area contributed by atoms with Crippen LogP contribution in [0.4, 0.5) is 4.79 Å². The average molecular weight is 256 g/mol. The van der Waals surface area contributed by atoms with Gasteiger partial charge in [0.05, 0.1) is 6.54 Å². The number of guanidine groups is 1. The molecule has 0 heterocycles. The van der Waals surface area contributed by atoms with Crippen molar-refractivity contribution in [3.8, 4) is 0 Å². The first kappa shape index (κ1) is 14.6. The van der Waals surface area contributed by atoms with Crippen molar-refractivity contribution in [3.05, 3.63) is 0 Å². The number of carbonyl (C=O) groups excluding carboxylic acids is 1. The summed E-state index contributed by atoms with van der Waals surface area (Å²) in [4.78, 5) is 17.0. The van der Waals surface area contributed by atoms with Crippen LogP contribution in [0.5, 0.6) is 0 Å². The SMILES string of the molecule is CN(C)C(=O)NCCN=C(NN)NC1CCCC1. The minimum absolute atomic E-state index is 0.115. The monoisotopic (exact) mass is 256 g/mol. The Hall–Kier alpha value is -1.50. The second-order valence-electron chi connectivity index (χ2n) is 4.63. The van der Waals surface area contributed by atoms with Crippen molar-refractivity contribution in [1.82, 2.24) is 21.0 Å². The van der Waals surface area contributed by atoms with Gasteiger partial charge in [-0.15, -0.1) is 0 Å². The van der Waals surface area contributed by atoms with Gasteiger partial charge in [-0.25, -0.2) is 10.6 Å². The van der Waals surface area contributed by atoms with Crippen molar-refractivity contribution in [1.29, 1.82) is 0 Å². The number of nitrogens with one attached hydrogen (secondary N) is 3. The van der Waals surface area contributed by atoms with E-state index in [0.717, 1.165) is 12.8 Å². The van der Waals surface area contributed by atoms with E-state index in [2.05, 4.69) is 21.1 Å². The van der Waals surface area contributed by atoms with Gasteiger partial charge in [0.2, 0.25) is 5.96 Å². The van der Waals surface area contributed by atoms with Crippen LogP contribution in [0.3, 0.4) is 0 Å². The third-order valence-corrected chi connectivity index (χ3v) is 2.90. The largest absolute Gasteiger partial charge is 0.353 e. The zero-order valence-electron chi connectivity index (χ0n) is 11.2. The third-order valence-electron chi connectivity index (χ3n) is 2.90. The van der Waals surface area contributed by atoms with Crippen molar-refractivity contribution in [3.63, 3.8) is 0 Å². The van der Waals surface area contributed by atoms with E-state index in [1.165, 1.54) is 17.7 Å². The van der Waals surface area contributed by atoms with Gasteiger partial charge in [0.25, 0.3) is 0 Å². The van der Waals surface area contributed by atoms with Crippen molar-refractivity contribution < 1.29 is 4.79 Å². The molecule has 0 radical (unpaired) electrons. The van der Waals surface area contributed by atoms with Gasteiger partial charge in [-0.05, 0) is 12.8 Å². The van der Waals surface area contributed by atoms with E-state index in [4.69, 9.17) is 5.84 Å². The fraction of sp³-hybridized carbons (Fsp3) is 0.818. The molecule has 7 nitrogen and oxygen atoms in total. The molecule has 1 fully saturated rings. The molecule has 0 aromatic heterocycles. The highest BCUT2D eigenvalue weighted by Gasteiger charge is 2.15. The fourth-order valence-electron chi connectivity index (χ4n) is 1.89. The first-order chi connectivity index (χ1) is 8.63. The number of hydrazine groups is 1. The number of nitrogens with zero attached hydrogens (tertiary/aromatic N) is 2. The standard InChI is InChI=1S/C11H24N6O/c1-17(2)11(18)14-8-7-13-10(16-12)15-9-5-3-4-6-9/h9H,3-8,12H2,1-2H3,(H,14,18)(H2,13,15,16). The molecule has 0 aliphatic heterocycles. The van der Waals surface area contributed by atoms with E-state index in [1.807, 2.05) is 0 Å². The van der Waals surface area contributed by atoms with E-state index in [0.29, 0.717) is 25.1 Å². The van der Waals surface area contributed by atoms with Crippen LogP contribution in [0, 0.1) is 0 Å². The second-order valence-corrected chi connectivity index (χ2v) is 4.63. The Morgan fingerprint density at radius 3 is 2.61 bits per heavy atom. The number of amides is 2. The van der Waals surface area contributed by atoms with Gasteiger partial charge in [-0.3, -0.25) is 10.4 Å². The topological polar surface area (TPSA) is 94.8 Å². The molecule has 0 unspecified atom stereocenters. The summed E-state index contributed by atoms with van der Waals surface area (Å²) in [5.74, 6) is 6.00. The number of carbonyl (C=O) groups is 1. The maximum atomic E-state index is 11.2. The molecule has 2 amide bonds. The number of hydrogen-bond acceptors (Lipinski definition) is 3. The van der Waals surface area contributed by atoms with Crippen LogP contribution < -0.4 is 21.9 Å². The molecule has 0 saturated heterocycles. The first-order valence-electron chi connectivity index (χ1n) is 6.36. The van der Waals surface area contributed by atoms with Crippen molar-refractivity contribution in [2.75, 3.05) is 27.2 Å². The predicted molar refractivity (Wildman–Crippen MR) is 72.1 cm³/mol. The number of hydrogen-bond donors (Lipinski definition) is 4. The molecular formula is C11H24N6O. The van der Waals surface area contributed by atoms with Gasteiger partial charge in [-0.1, -0.05) is 12.8 Å². The molecule has 0 aromatic carbocycles. The molecule has 18 heavy (non-hydrogen) atoms. The van der Waals surface area contributed by atoms with Crippen LogP contribution >= 0.6 is 0 Å². The highest BCUT2D eigenvalue weighted by Crippen LogP contribution is 2.17. The Kier molecular flexibility index (Phi) is 6.27. The highest BCUT2D eigenvalue weighted by atomic mass is 16.2. The molecule has 1 aliphatic carbocycles. The number of urea groups is 1. The molecule has 0 atom stereocenters. The normalized spacial score (nSPS) is 16.5. The van der Waals surface area contributed by atoms with Gasteiger partial charge in [0.1, 0.15) is 0 Å². The Morgan fingerprint density at radius 1 is 1.39 bits per heavy atom. The van der Waals surface area contributed by atoms with E-state index in [-0.39, 0.29) is 6.03 Å². The summed E-state index contributed by atoms with van der Waals surface area (Å²) in [6, 6.07) is 0.354. The van der Waals surface area contributed by atoms with Crippen molar-refractivity contribution in [2.45, 2.75) is 31.7 Å². The summed E-state index contributed by atoms with van der Waals surface area (Å²) in [6.45, 7) is 0.993. The summed E-state index contributed by atoms with van der Waals surface area (Å²) < 4.78 is 0. The number of rotatable bonds is 4. The third kappa shape index (κ3) is 5.22. The molecule has 0 bridgehead atoms. The summed E-state index contributed by atoms with van der Waals surface area (Å²) in [7, 11) is 3.40. The van der Waals surface area contributed by atoms with E-state index >= 15 is 0 Å². The molecule has 0 spiro atoms. The lowest BCUT2D eigenvalue weighted by atomic mass is 10.2. The molecule has 1 rings (SSSR count). The Labute approximate surface area is 108 Å². The molecule has 5 N–H and O–H groups in total. The van der Waals surface area contributed by atoms with E-state index in [9.17, 15) is 4.79 Å². The van der Waals surface area contributed by atoms with Gasteiger partial charge < -0.3 is 15.5 Å². The minimum Gasteiger partial charge on any atom is -0.353 e. The van der Waals surface area contributed by atoms with Crippen LogP contribution in [-0.4, -0.2) is 50.1 Å². The summed E-state index contributed by atoms with van der Waals surface area (Å²) >= 11 is 0.